The van der Waals surface area contributed by atoms with Gasteiger partial charge in [-0.3, -0.25) is 0 Å². The highest BCUT2D eigenvalue weighted by Crippen LogP contribution is 2.47. The van der Waals surface area contributed by atoms with Gasteiger partial charge in [-0.15, -0.1) is 0 Å². The van der Waals surface area contributed by atoms with Gasteiger partial charge in [-0.25, -0.2) is 0 Å². The highest BCUT2D eigenvalue weighted by atomic mass is 15.1. The first-order valence-corrected chi connectivity index (χ1v) is 22.4. The highest BCUT2D eigenvalue weighted by Gasteiger charge is 2.20. The van der Waals surface area contributed by atoms with Crippen LogP contribution < -0.4 is 4.90 Å². The van der Waals surface area contributed by atoms with Crippen molar-refractivity contribution in [2.24, 2.45) is 0 Å². The topological polar surface area (TPSA) is 3.24 Å². The normalized spacial score (nSPS) is 11.4. The van der Waals surface area contributed by atoms with Gasteiger partial charge in [-0.2, -0.15) is 0 Å². The molecule has 0 atom stereocenters. The molecular weight excluding hydrogens is 783 g/mol. The summed E-state index contributed by atoms with van der Waals surface area (Å²) >= 11 is 0. The van der Waals surface area contributed by atoms with E-state index < -0.39 is 0 Å². The zero-order valence-electron chi connectivity index (χ0n) is 35.8. The zero-order chi connectivity index (χ0) is 43.1. The maximum atomic E-state index is 2.38. The average molecular weight is 826 g/mol. The summed E-state index contributed by atoms with van der Waals surface area (Å²) in [5.41, 5.74) is 15.6. The van der Waals surface area contributed by atoms with Crippen LogP contribution >= 0.6 is 0 Å². The van der Waals surface area contributed by atoms with Gasteiger partial charge in [-0.05, 0) is 135 Å². The van der Waals surface area contributed by atoms with Gasteiger partial charge in [0.05, 0.1) is 0 Å². The van der Waals surface area contributed by atoms with Crippen LogP contribution in [0.4, 0.5) is 17.1 Å². The molecule has 0 bridgehead atoms. The van der Waals surface area contributed by atoms with Gasteiger partial charge < -0.3 is 4.90 Å². The van der Waals surface area contributed by atoms with Crippen molar-refractivity contribution in [1.29, 1.82) is 0 Å². The number of fused-ring (bicyclic) bond motifs is 4. The molecule has 304 valence electrons. The Labute approximate surface area is 379 Å². The molecule has 0 aliphatic heterocycles. The van der Waals surface area contributed by atoms with Crippen molar-refractivity contribution in [2.45, 2.75) is 0 Å². The Morgan fingerprint density at radius 3 is 0.600 bits per heavy atom. The van der Waals surface area contributed by atoms with Crippen LogP contribution in [0.5, 0.6) is 0 Å². The Bertz CT molecular complexity index is 3330. The third kappa shape index (κ3) is 6.74. The minimum atomic E-state index is 1.09. The molecule has 0 N–H and O–H groups in total. The SMILES string of the molecule is c1ccc(-c2ccc(N(c3ccc(-c4c5ccccc5c(-c5ccccc5)c5ccccc45)cc3)c3ccc(-c4c5ccccc5c(-c5ccccc5)c5ccccc45)cc3)cc2)cc1. The molecule has 0 spiro atoms. The first-order chi connectivity index (χ1) is 32.3. The standard InChI is InChI=1S/C64H43N/c1-4-18-44(19-5-1)45-32-38-50(39-33-45)65(51-40-34-48(35-41-51)63-57-28-14-10-24-53(57)61(46-20-6-2-7-21-46)54-25-11-15-29-58(54)63)52-42-36-49(37-43-52)64-59-30-16-12-26-55(59)62(47-22-8-3-9-23-47)56-27-13-17-31-60(56)64/h1-43H. The monoisotopic (exact) mass is 825 g/mol. The molecule has 0 fully saturated rings. The van der Waals surface area contributed by atoms with E-state index in [2.05, 4.69) is 266 Å². The summed E-state index contributed by atoms with van der Waals surface area (Å²) in [5.74, 6) is 0. The number of benzene rings is 12. The van der Waals surface area contributed by atoms with Crippen molar-refractivity contribution in [3.63, 3.8) is 0 Å². The van der Waals surface area contributed by atoms with Gasteiger partial charge in [0.25, 0.3) is 0 Å². The number of anilines is 3. The number of nitrogens with zero attached hydrogens (tertiary/aromatic N) is 1. The second-order valence-electron chi connectivity index (χ2n) is 16.8. The quantitative estimate of drug-likeness (QED) is 0.138. The molecule has 0 saturated carbocycles. The molecule has 0 aliphatic carbocycles. The molecule has 0 saturated heterocycles. The van der Waals surface area contributed by atoms with E-state index in [1.54, 1.807) is 0 Å². The lowest BCUT2D eigenvalue weighted by atomic mass is 9.86. The van der Waals surface area contributed by atoms with Gasteiger partial charge in [-0.1, -0.05) is 224 Å². The summed E-state index contributed by atoms with van der Waals surface area (Å²) in [5, 5.41) is 10.0. The van der Waals surface area contributed by atoms with Crippen molar-refractivity contribution in [3.8, 4) is 55.6 Å². The second-order valence-corrected chi connectivity index (χ2v) is 16.8. The summed E-state index contributed by atoms with van der Waals surface area (Å²) in [4.78, 5) is 2.38. The number of rotatable bonds is 8. The summed E-state index contributed by atoms with van der Waals surface area (Å²) in [6.07, 6.45) is 0. The van der Waals surface area contributed by atoms with Crippen LogP contribution in [-0.2, 0) is 0 Å². The van der Waals surface area contributed by atoms with Crippen LogP contribution in [0.15, 0.2) is 261 Å². The predicted molar refractivity (Wildman–Crippen MR) is 278 cm³/mol. The molecule has 0 aromatic heterocycles. The van der Waals surface area contributed by atoms with Crippen LogP contribution in [0.2, 0.25) is 0 Å². The Morgan fingerprint density at radius 2 is 0.338 bits per heavy atom. The van der Waals surface area contributed by atoms with E-state index in [-0.39, 0.29) is 0 Å². The molecule has 0 heterocycles. The van der Waals surface area contributed by atoms with Gasteiger partial charge >= 0.3 is 0 Å². The third-order valence-corrected chi connectivity index (χ3v) is 13.0. The lowest BCUT2D eigenvalue weighted by Gasteiger charge is -2.26. The first kappa shape index (κ1) is 38.2. The van der Waals surface area contributed by atoms with Crippen molar-refractivity contribution >= 4 is 60.2 Å². The Hall–Kier alpha value is -8.52. The summed E-state index contributed by atoms with van der Waals surface area (Å²) in [7, 11) is 0. The molecule has 12 aromatic rings. The van der Waals surface area contributed by atoms with E-state index >= 15 is 0 Å². The van der Waals surface area contributed by atoms with Crippen LogP contribution in [-0.4, -0.2) is 0 Å². The van der Waals surface area contributed by atoms with Gasteiger partial charge in [0.1, 0.15) is 0 Å². The van der Waals surface area contributed by atoms with Crippen LogP contribution in [0.3, 0.4) is 0 Å². The fraction of sp³-hybridized carbons (Fsp3) is 0. The lowest BCUT2D eigenvalue weighted by molar-refractivity contribution is 1.28. The van der Waals surface area contributed by atoms with E-state index in [9.17, 15) is 0 Å². The summed E-state index contributed by atoms with van der Waals surface area (Å²) < 4.78 is 0. The summed E-state index contributed by atoms with van der Waals surface area (Å²) in [6.45, 7) is 0. The third-order valence-electron chi connectivity index (χ3n) is 13.0. The van der Waals surface area contributed by atoms with E-state index in [4.69, 9.17) is 0 Å². The molecule has 65 heavy (non-hydrogen) atoms. The molecule has 12 aromatic carbocycles. The molecule has 1 nitrogen and oxygen atoms in total. The summed E-state index contributed by atoms with van der Waals surface area (Å²) in [6, 6.07) is 95.0. The predicted octanol–water partition coefficient (Wildman–Crippen LogP) is 18.1. The van der Waals surface area contributed by atoms with E-state index in [0.717, 1.165) is 17.1 Å². The van der Waals surface area contributed by atoms with Gasteiger partial charge in [0, 0.05) is 17.1 Å². The zero-order valence-corrected chi connectivity index (χ0v) is 35.8. The largest absolute Gasteiger partial charge is 0.311 e. The van der Waals surface area contributed by atoms with E-state index in [0.29, 0.717) is 0 Å². The molecular formula is C64H43N. The number of hydrogen-bond donors (Lipinski definition) is 0. The van der Waals surface area contributed by atoms with Crippen LogP contribution in [0, 0.1) is 0 Å². The van der Waals surface area contributed by atoms with E-state index in [1.807, 2.05) is 0 Å². The molecule has 0 unspecified atom stereocenters. The Balaban J connectivity index is 0.997. The van der Waals surface area contributed by atoms with Crippen molar-refractivity contribution < 1.29 is 0 Å². The fourth-order valence-corrected chi connectivity index (χ4v) is 10.1. The van der Waals surface area contributed by atoms with Crippen LogP contribution in [0.25, 0.3) is 98.7 Å². The molecule has 1 heteroatoms. The van der Waals surface area contributed by atoms with Gasteiger partial charge in [0.15, 0.2) is 0 Å². The average Bonchev–Trinajstić information content (AvgIpc) is 3.39. The van der Waals surface area contributed by atoms with Gasteiger partial charge in [0.2, 0.25) is 0 Å². The lowest BCUT2D eigenvalue weighted by Crippen LogP contribution is -2.09. The van der Waals surface area contributed by atoms with E-state index in [1.165, 1.54) is 98.7 Å². The molecule has 12 rings (SSSR count). The first-order valence-electron chi connectivity index (χ1n) is 22.4. The van der Waals surface area contributed by atoms with Crippen LogP contribution in [0.1, 0.15) is 0 Å². The minimum absolute atomic E-state index is 1.09. The molecule has 0 radical (unpaired) electrons. The van der Waals surface area contributed by atoms with Crippen molar-refractivity contribution in [2.75, 3.05) is 4.90 Å². The molecule has 0 amide bonds. The fourth-order valence-electron chi connectivity index (χ4n) is 10.1. The smallest absolute Gasteiger partial charge is 0.0462 e. The number of hydrogen-bond acceptors (Lipinski definition) is 1. The van der Waals surface area contributed by atoms with Crippen molar-refractivity contribution in [3.05, 3.63) is 261 Å². The Kier molecular flexibility index (Phi) is 9.58. The van der Waals surface area contributed by atoms with Crippen molar-refractivity contribution in [1.82, 2.24) is 0 Å². The highest BCUT2D eigenvalue weighted by molar-refractivity contribution is 6.22. The maximum Gasteiger partial charge on any atom is 0.0462 e. The Morgan fingerprint density at radius 1 is 0.154 bits per heavy atom. The maximum absolute atomic E-state index is 2.38. The minimum Gasteiger partial charge on any atom is -0.311 e. The second kappa shape index (κ2) is 16.3. The molecule has 0 aliphatic rings.